The molecule has 0 aliphatic heterocycles. The van der Waals surface area contributed by atoms with Gasteiger partial charge in [-0.25, -0.2) is 4.79 Å². The smallest absolute Gasteiger partial charge is 0.335 e. The van der Waals surface area contributed by atoms with Crippen molar-refractivity contribution in [3.8, 4) is 6.07 Å². The Morgan fingerprint density at radius 2 is 1.84 bits per heavy atom. The normalized spacial score (nSPS) is 11.1. The zero-order chi connectivity index (χ0) is 17.8. The molecular formula is C19H12N2O4. The molecule has 0 unspecified atom stereocenters. The molecule has 0 bridgehead atoms. The van der Waals surface area contributed by atoms with Crippen LogP contribution in [0.25, 0.3) is 17.0 Å². The van der Waals surface area contributed by atoms with Gasteiger partial charge in [-0.15, -0.1) is 0 Å². The second-order valence-corrected chi connectivity index (χ2v) is 5.19. The van der Waals surface area contributed by atoms with Crippen LogP contribution in [0.5, 0.6) is 0 Å². The third-order valence-corrected chi connectivity index (χ3v) is 3.49. The number of furan rings is 1. The first kappa shape index (κ1) is 16.0. The number of anilines is 1. The van der Waals surface area contributed by atoms with Gasteiger partial charge in [-0.3, -0.25) is 4.79 Å². The maximum absolute atomic E-state index is 12.2. The molecule has 1 heterocycles. The van der Waals surface area contributed by atoms with Gasteiger partial charge in [0.2, 0.25) is 0 Å². The Morgan fingerprint density at radius 3 is 2.48 bits per heavy atom. The minimum absolute atomic E-state index is 0.108. The summed E-state index contributed by atoms with van der Waals surface area (Å²) in [4.78, 5) is 23.0. The van der Waals surface area contributed by atoms with E-state index < -0.39 is 11.9 Å². The van der Waals surface area contributed by atoms with Crippen molar-refractivity contribution in [3.63, 3.8) is 0 Å². The number of nitrogens with zero attached hydrogens (tertiary/aromatic N) is 1. The number of fused-ring (bicyclic) bond motifs is 1. The van der Waals surface area contributed by atoms with Crippen LogP contribution in [0.3, 0.4) is 0 Å². The molecule has 0 saturated carbocycles. The molecule has 0 saturated heterocycles. The van der Waals surface area contributed by atoms with Crippen LogP contribution in [0.1, 0.15) is 16.1 Å². The molecular weight excluding hydrogens is 320 g/mol. The molecule has 25 heavy (non-hydrogen) atoms. The Morgan fingerprint density at radius 1 is 1.12 bits per heavy atom. The number of benzene rings is 2. The first-order valence-electron chi connectivity index (χ1n) is 7.32. The van der Waals surface area contributed by atoms with Crippen LogP contribution >= 0.6 is 0 Å². The molecule has 0 spiro atoms. The second-order valence-electron chi connectivity index (χ2n) is 5.19. The fourth-order valence-corrected chi connectivity index (χ4v) is 2.26. The van der Waals surface area contributed by atoms with Gasteiger partial charge in [0.1, 0.15) is 23.0 Å². The van der Waals surface area contributed by atoms with Crippen molar-refractivity contribution in [2.75, 3.05) is 5.32 Å². The lowest BCUT2D eigenvalue weighted by Crippen LogP contribution is -2.13. The Kier molecular flexibility index (Phi) is 4.31. The number of hydrogen-bond donors (Lipinski definition) is 2. The van der Waals surface area contributed by atoms with Crippen LogP contribution in [0.4, 0.5) is 5.69 Å². The highest BCUT2D eigenvalue weighted by Crippen LogP contribution is 2.21. The summed E-state index contributed by atoms with van der Waals surface area (Å²) in [6.45, 7) is 0. The molecule has 122 valence electrons. The lowest BCUT2D eigenvalue weighted by atomic mass is 10.2. The van der Waals surface area contributed by atoms with Crippen LogP contribution in [0, 0.1) is 11.3 Å². The molecule has 0 aliphatic rings. The lowest BCUT2D eigenvalue weighted by Gasteiger charge is -2.04. The highest BCUT2D eigenvalue weighted by molar-refractivity contribution is 6.09. The summed E-state index contributed by atoms with van der Waals surface area (Å²) in [7, 11) is 0. The second kappa shape index (κ2) is 6.72. The van der Waals surface area contributed by atoms with E-state index in [1.54, 1.807) is 12.1 Å². The van der Waals surface area contributed by atoms with E-state index in [1.165, 1.54) is 30.3 Å². The predicted octanol–water partition coefficient (Wildman–Crippen LogP) is 3.68. The molecule has 2 N–H and O–H groups in total. The molecule has 0 radical (unpaired) electrons. The van der Waals surface area contributed by atoms with E-state index in [4.69, 9.17) is 9.52 Å². The number of carbonyl (C=O) groups excluding carboxylic acids is 1. The average Bonchev–Trinajstić information content (AvgIpc) is 3.02. The highest BCUT2D eigenvalue weighted by Gasteiger charge is 2.12. The maximum Gasteiger partial charge on any atom is 0.335 e. The molecule has 6 heteroatoms. The Labute approximate surface area is 142 Å². The molecule has 3 aromatic rings. The summed E-state index contributed by atoms with van der Waals surface area (Å²) in [5.74, 6) is -1.26. The molecule has 0 atom stereocenters. The number of hydrogen-bond acceptors (Lipinski definition) is 4. The molecule has 6 nitrogen and oxygen atoms in total. The number of amides is 1. The van der Waals surface area contributed by atoms with Gasteiger partial charge < -0.3 is 14.8 Å². The van der Waals surface area contributed by atoms with E-state index >= 15 is 0 Å². The van der Waals surface area contributed by atoms with Crippen molar-refractivity contribution in [2.45, 2.75) is 0 Å². The molecule has 0 aliphatic carbocycles. The maximum atomic E-state index is 12.2. The minimum Gasteiger partial charge on any atom is -0.478 e. The van der Waals surface area contributed by atoms with Crippen LogP contribution in [-0.2, 0) is 4.79 Å². The van der Waals surface area contributed by atoms with E-state index in [1.807, 2.05) is 24.3 Å². The highest BCUT2D eigenvalue weighted by atomic mass is 16.4. The van der Waals surface area contributed by atoms with E-state index in [9.17, 15) is 14.9 Å². The number of para-hydroxylation sites is 1. The third kappa shape index (κ3) is 3.57. The summed E-state index contributed by atoms with van der Waals surface area (Å²) < 4.78 is 5.57. The predicted molar refractivity (Wildman–Crippen MR) is 91.8 cm³/mol. The number of nitrogens with one attached hydrogen (secondary N) is 1. The van der Waals surface area contributed by atoms with E-state index in [0.29, 0.717) is 17.0 Å². The zero-order valence-corrected chi connectivity index (χ0v) is 12.9. The van der Waals surface area contributed by atoms with Gasteiger partial charge in [-0.2, -0.15) is 5.26 Å². The van der Waals surface area contributed by atoms with Crippen molar-refractivity contribution in [1.82, 2.24) is 0 Å². The van der Waals surface area contributed by atoms with Crippen molar-refractivity contribution >= 4 is 34.6 Å². The third-order valence-electron chi connectivity index (χ3n) is 3.49. The van der Waals surface area contributed by atoms with Gasteiger partial charge in [0.05, 0.1) is 5.56 Å². The SMILES string of the molecule is N#C/C(=C\c1cc2ccccc2o1)C(=O)Nc1ccc(C(=O)O)cc1. The topological polar surface area (TPSA) is 103 Å². The minimum atomic E-state index is -1.06. The van der Waals surface area contributed by atoms with E-state index in [-0.39, 0.29) is 11.1 Å². The monoisotopic (exact) mass is 332 g/mol. The fraction of sp³-hybridized carbons (Fsp3) is 0. The summed E-state index contributed by atoms with van der Waals surface area (Å²) in [6, 6.07) is 16.6. The van der Waals surface area contributed by atoms with Gasteiger partial charge in [0.25, 0.3) is 5.91 Å². The number of rotatable bonds is 4. The summed E-state index contributed by atoms with van der Waals surface area (Å²) in [6.07, 6.45) is 1.36. The van der Waals surface area contributed by atoms with E-state index in [2.05, 4.69) is 5.32 Å². The Bertz CT molecular complexity index is 991. The molecule has 1 amide bonds. The van der Waals surface area contributed by atoms with Crippen molar-refractivity contribution in [3.05, 3.63) is 71.5 Å². The van der Waals surface area contributed by atoms with Gasteiger partial charge in [0.15, 0.2) is 0 Å². The number of nitriles is 1. The first-order chi connectivity index (χ1) is 12.1. The van der Waals surface area contributed by atoms with Crippen LogP contribution in [0.2, 0.25) is 0 Å². The van der Waals surface area contributed by atoms with Gasteiger partial charge in [0, 0.05) is 17.1 Å². The van der Waals surface area contributed by atoms with Crippen molar-refractivity contribution in [2.24, 2.45) is 0 Å². The summed E-state index contributed by atoms with van der Waals surface area (Å²) in [5, 5.41) is 21.5. The standard InChI is InChI=1S/C19H12N2O4/c20-11-14(10-16-9-13-3-1-2-4-17(13)25-16)18(22)21-15-7-5-12(6-8-15)19(23)24/h1-10H,(H,21,22)(H,23,24)/b14-10+. The van der Waals surface area contributed by atoms with E-state index in [0.717, 1.165) is 5.39 Å². The van der Waals surface area contributed by atoms with Crippen LogP contribution < -0.4 is 5.32 Å². The quantitative estimate of drug-likeness (QED) is 0.560. The van der Waals surface area contributed by atoms with Crippen LogP contribution in [0.15, 0.2) is 64.6 Å². The summed E-state index contributed by atoms with van der Waals surface area (Å²) >= 11 is 0. The van der Waals surface area contributed by atoms with Crippen LogP contribution in [-0.4, -0.2) is 17.0 Å². The van der Waals surface area contributed by atoms with Crippen molar-refractivity contribution in [1.29, 1.82) is 5.26 Å². The largest absolute Gasteiger partial charge is 0.478 e. The number of carbonyl (C=O) groups is 2. The number of carboxylic acids is 1. The number of aromatic carboxylic acids is 1. The van der Waals surface area contributed by atoms with Gasteiger partial charge in [-0.05, 0) is 36.4 Å². The first-order valence-corrected chi connectivity index (χ1v) is 7.32. The number of carboxylic acid groups (broad SMARTS) is 1. The molecule has 1 aromatic heterocycles. The summed E-state index contributed by atoms with van der Waals surface area (Å²) in [5.41, 5.74) is 1.04. The lowest BCUT2D eigenvalue weighted by molar-refractivity contribution is -0.112. The average molecular weight is 332 g/mol. The van der Waals surface area contributed by atoms with Crippen molar-refractivity contribution < 1.29 is 19.1 Å². The zero-order valence-electron chi connectivity index (χ0n) is 12.9. The Balaban J connectivity index is 1.81. The molecule has 0 fully saturated rings. The Hall–Kier alpha value is -3.85. The molecule has 3 rings (SSSR count). The fourth-order valence-electron chi connectivity index (χ4n) is 2.26. The van der Waals surface area contributed by atoms with Gasteiger partial charge >= 0.3 is 5.97 Å². The van der Waals surface area contributed by atoms with Gasteiger partial charge in [-0.1, -0.05) is 18.2 Å². The molecule has 2 aromatic carbocycles.